The number of esters is 5. The molecule has 242 valence electrons. The van der Waals surface area contributed by atoms with Gasteiger partial charge in [0.05, 0.1) is 0 Å². The summed E-state index contributed by atoms with van der Waals surface area (Å²) in [4.78, 5) is 73.9. The molecule has 2 aromatic carbocycles. The van der Waals surface area contributed by atoms with E-state index < -0.39 is 79.3 Å². The Labute approximate surface area is 259 Å². The van der Waals surface area contributed by atoms with Crippen LogP contribution in [0.5, 0.6) is 0 Å². The van der Waals surface area contributed by atoms with Gasteiger partial charge in [-0.25, -0.2) is 9.59 Å². The fourth-order valence-electron chi connectivity index (χ4n) is 4.44. The molecule has 0 aromatic heterocycles. The second kappa shape index (κ2) is 16.8. The first-order valence-electron chi connectivity index (χ1n) is 13.9. The lowest BCUT2D eigenvalue weighted by Gasteiger charge is -2.43. The van der Waals surface area contributed by atoms with Crippen molar-refractivity contribution in [1.29, 1.82) is 0 Å². The maximum absolute atomic E-state index is 13.2. The highest BCUT2D eigenvalue weighted by atomic mass is 16.8. The zero-order chi connectivity index (χ0) is 32.9. The topological polar surface area (TPSA) is 179 Å². The summed E-state index contributed by atoms with van der Waals surface area (Å²) < 4.78 is 37.7. The third kappa shape index (κ3) is 11.2. The zero-order valence-corrected chi connectivity index (χ0v) is 25.2. The summed E-state index contributed by atoms with van der Waals surface area (Å²) in [5, 5.41) is 2.45. The molecular formula is C31H35NO13. The van der Waals surface area contributed by atoms with E-state index in [-0.39, 0.29) is 13.0 Å². The van der Waals surface area contributed by atoms with Crippen molar-refractivity contribution in [3.63, 3.8) is 0 Å². The van der Waals surface area contributed by atoms with Crippen LogP contribution in [0, 0.1) is 0 Å². The van der Waals surface area contributed by atoms with Crippen LogP contribution in [-0.4, -0.2) is 79.3 Å². The van der Waals surface area contributed by atoms with Crippen molar-refractivity contribution in [2.24, 2.45) is 0 Å². The van der Waals surface area contributed by atoms with Gasteiger partial charge in [0.15, 0.2) is 12.2 Å². The predicted molar refractivity (Wildman–Crippen MR) is 152 cm³/mol. The molecule has 1 heterocycles. The Kier molecular flexibility index (Phi) is 12.8. The lowest BCUT2D eigenvalue weighted by Crippen LogP contribution is -2.63. The van der Waals surface area contributed by atoms with E-state index in [1.54, 1.807) is 54.6 Å². The Morgan fingerprint density at radius 3 is 1.76 bits per heavy atom. The smallest absolute Gasteiger partial charge is 0.410 e. The largest absolute Gasteiger partial charge is 0.463 e. The molecule has 3 rings (SSSR count). The molecule has 0 bridgehead atoms. The minimum atomic E-state index is -1.77. The van der Waals surface area contributed by atoms with Crippen LogP contribution < -0.4 is 5.32 Å². The number of amides is 1. The van der Waals surface area contributed by atoms with Gasteiger partial charge in [-0.2, -0.15) is 0 Å². The van der Waals surface area contributed by atoms with Crippen LogP contribution in [0.3, 0.4) is 0 Å². The molecule has 0 spiro atoms. The van der Waals surface area contributed by atoms with E-state index >= 15 is 0 Å². The summed E-state index contributed by atoms with van der Waals surface area (Å²) in [5.41, 5.74) is 1.43. The van der Waals surface area contributed by atoms with E-state index in [4.69, 9.17) is 33.2 Å². The van der Waals surface area contributed by atoms with E-state index in [1.165, 1.54) is 0 Å². The minimum absolute atomic E-state index is 0.0299. The zero-order valence-electron chi connectivity index (χ0n) is 25.2. The summed E-state index contributed by atoms with van der Waals surface area (Å²) in [7, 11) is 0. The Hall–Kier alpha value is -4.98. The van der Waals surface area contributed by atoms with Gasteiger partial charge < -0.3 is 38.5 Å². The van der Waals surface area contributed by atoms with Crippen LogP contribution in [0.4, 0.5) is 4.79 Å². The van der Waals surface area contributed by atoms with Gasteiger partial charge >= 0.3 is 35.9 Å². The Balaban J connectivity index is 1.86. The average molecular weight is 630 g/mol. The van der Waals surface area contributed by atoms with Crippen LogP contribution in [0.25, 0.3) is 0 Å². The molecule has 14 nitrogen and oxygen atoms in total. The third-order valence-corrected chi connectivity index (χ3v) is 6.25. The molecule has 45 heavy (non-hydrogen) atoms. The molecule has 0 unspecified atom stereocenters. The van der Waals surface area contributed by atoms with Crippen molar-refractivity contribution in [3.8, 4) is 0 Å². The van der Waals surface area contributed by atoms with E-state index in [9.17, 15) is 28.8 Å². The standard InChI is InChI=1S/C31H35NO13/c1-18(33)39-17-25-26(41-19(2)34)27(42-20(3)35)28(43-21(4)36)30(44-25)45-31(38)32-24(15-22-11-7-5-8-12-22)29(37)40-16-23-13-9-6-10-14-23/h5-14,24-28,30H,15-17H2,1-4H3,(H,32,38)/t24-,25+,26-,27-,28+,30-/m0/s1. The summed E-state index contributed by atoms with van der Waals surface area (Å²) in [6.07, 6.45) is -8.87. The highest BCUT2D eigenvalue weighted by molar-refractivity contribution is 5.81. The quantitative estimate of drug-likeness (QED) is 0.267. The first kappa shape index (κ1) is 34.5. The molecule has 1 aliphatic heterocycles. The molecule has 2 aromatic rings. The molecule has 1 fully saturated rings. The summed E-state index contributed by atoms with van der Waals surface area (Å²) in [6, 6.07) is 16.5. The highest BCUT2D eigenvalue weighted by Crippen LogP contribution is 2.30. The molecule has 1 amide bonds. The summed E-state index contributed by atoms with van der Waals surface area (Å²) in [5.74, 6) is -4.01. The molecular weight excluding hydrogens is 594 g/mol. The van der Waals surface area contributed by atoms with Gasteiger partial charge in [-0.1, -0.05) is 60.7 Å². The SMILES string of the molecule is CC(=O)OC[C@H]1O[C@@H](OC(=O)N[C@@H](Cc2ccccc2)C(=O)OCc2ccccc2)[C@H](OC(C)=O)[C@@H](OC(C)=O)[C@H]1OC(C)=O. The molecule has 14 heteroatoms. The molecule has 1 aliphatic rings. The maximum Gasteiger partial charge on any atom is 0.410 e. The van der Waals surface area contributed by atoms with Crippen LogP contribution in [0.1, 0.15) is 38.8 Å². The molecule has 0 saturated carbocycles. The van der Waals surface area contributed by atoms with E-state index in [0.717, 1.165) is 33.3 Å². The van der Waals surface area contributed by atoms with Gasteiger partial charge in [0.1, 0.15) is 25.4 Å². The predicted octanol–water partition coefficient (Wildman–Crippen LogP) is 2.15. The fraction of sp³-hybridized carbons (Fsp3) is 0.419. The van der Waals surface area contributed by atoms with Crippen LogP contribution in [-0.2, 0) is 70.2 Å². The van der Waals surface area contributed by atoms with Gasteiger partial charge in [0.25, 0.3) is 0 Å². The van der Waals surface area contributed by atoms with Gasteiger partial charge in [0, 0.05) is 34.1 Å². The van der Waals surface area contributed by atoms with E-state index in [0.29, 0.717) is 5.56 Å². The number of alkyl carbamates (subject to hydrolysis) is 1. The molecule has 6 atom stereocenters. The molecule has 0 radical (unpaired) electrons. The van der Waals surface area contributed by atoms with Gasteiger partial charge in [-0.05, 0) is 11.1 Å². The number of carbonyl (C=O) groups is 6. The van der Waals surface area contributed by atoms with Crippen molar-refractivity contribution in [2.45, 2.75) is 77.5 Å². The van der Waals surface area contributed by atoms with Crippen LogP contribution >= 0.6 is 0 Å². The second-order valence-electron chi connectivity index (χ2n) is 9.95. The summed E-state index contributed by atoms with van der Waals surface area (Å²) >= 11 is 0. The monoisotopic (exact) mass is 629 g/mol. The number of benzene rings is 2. The molecule has 1 saturated heterocycles. The Morgan fingerprint density at radius 2 is 1.20 bits per heavy atom. The average Bonchev–Trinajstić information content (AvgIpc) is 2.98. The van der Waals surface area contributed by atoms with Gasteiger partial charge in [-0.15, -0.1) is 0 Å². The van der Waals surface area contributed by atoms with Crippen molar-refractivity contribution in [3.05, 3.63) is 71.8 Å². The number of rotatable bonds is 12. The van der Waals surface area contributed by atoms with Crippen molar-refractivity contribution < 1.29 is 61.9 Å². The van der Waals surface area contributed by atoms with Crippen LogP contribution in [0.2, 0.25) is 0 Å². The van der Waals surface area contributed by atoms with E-state index in [2.05, 4.69) is 5.32 Å². The van der Waals surface area contributed by atoms with Crippen molar-refractivity contribution in [1.82, 2.24) is 5.32 Å². The highest BCUT2D eigenvalue weighted by Gasteiger charge is 2.54. The van der Waals surface area contributed by atoms with Crippen LogP contribution in [0.15, 0.2) is 60.7 Å². The van der Waals surface area contributed by atoms with E-state index in [1.807, 2.05) is 6.07 Å². The molecule has 1 N–H and O–H groups in total. The van der Waals surface area contributed by atoms with Gasteiger partial charge in [0.2, 0.25) is 12.4 Å². The first-order chi connectivity index (χ1) is 21.4. The van der Waals surface area contributed by atoms with Gasteiger partial charge in [-0.3, -0.25) is 19.2 Å². The number of ether oxygens (including phenoxy) is 7. The number of carbonyl (C=O) groups excluding carboxylic acids is 6. The lowest BCUT2D eigenvalue weighted by molar-refractivity contribution is -0.294. The Bertz CT molecular complexity index is 1330. The maximum atomic E-state index is 13.2. The third-order valence-electron chi connectivity index (χ3n) is 6.25. The van der Waals surface area contributed by atoms with Crippen molar-refractivity contribution >= 4 is 35.9 Å². The number of hydrogen-bond acceptors (Lipinski definition) is 13. The number of hydrogen-bond donors (Lipinski definition) is 1. The Morgan fingerprint density at radius 1 is 0.667 bits per heavy atom. The number of nitrogens with one attached hydrogen (secondary N) is 1. The second-order valence-corrected chi connectivity index (χ2v) is 9.95. The lowest BCUT2D eigenvalue weighted by atomic mass is 9.98. The fourth-order valence-corrected chi connectivity index (χ4v) is 4.44. The molecule has 0 aliphatic carbocycles. The van der Waals surface area contributed by atoms with Crippen molar-refractivity contribution in [2.75, 3.05) is 6.61 Å². The summed E-state index contributed by atoms with van der Waals surface area (Å²) in [6.45, 7) is 3.74. The first-order valence-corrected chi connectivity index (χ1v) is 13.9. The minimum Gasteiger partial charge on any atom is -0.463 e. The normalized spacial score (nSPS) is 21.3.